The number of anilines is 1. The maximum absolute atomic E-state index is 12.3. The van der Waals surface area contributed by atoms with Crippen LogP contribution >= 0.6 is 0 Å². The van der Waals surface area contributed by atoms with E-state index in [9.17, 15) is 9.59 Å². The Balaban J connectivity index is 1.11. The van der Waals surface area contributed by atoms with Gasteiger partial charge in [-0.15, -0.1) is 0 Å². The Morgan fingerprint density at radius 1 is 1.06 bits per heavy atom. The second-order valence-corrected chi connectivity index (χ2v) is 10.2. The van der Waals surface area contributed by atoms with Gasteiger partial charge in [-0.25, -0.2) is 4.98 Å². The van der Waals surface area contributed by atoms with Gasteiger partial charge in [-0.1, -0.05) is 12.8 Å². The lowest BCUT2D eigenvalue weighted by Crippen LogP contribution is -2.47. The van der Waals surface area contributed by atoms with Crippen LogP contribution in [0.3, 0.4) is 0 Å². The molecule has 0 atom stereocenters. The van der Waals surface area contributed by atoms with Crippen LogP contribution in [0.25, 0.3) is 0 Å². The quantitative estimate of drug-likeness (QED) is 0.569. The summed E-state index contributed by atoms with van der Waals surface area (Å²) in [6, 6.07) is 1.98. The van der Waals surface area contributed by atoms with Crippen molar-refractivity contribution in [3.8, 4) is 5.75 Å². The summed E-state index contributed by atoms with van der Waals surface area (Å²) in [5, 5.41) is 0. The van der Waals surface area contributed by atoms with Gasteiger partial charge in [0.2, 0.25) is 5.91 Å². The van der Waals surface area contributed by atoms with Gasteiger partial charge < -0.3 is 14.5 Å². The molecule has 7 heteroatoms. The summed E-state index contributed by atoms with van der Waals surface area (Å²) < 4.78 is 5.70. The molecule has 0 aromatic carbocycles. The zero-order valence-electron chi connectivity index (χ0n) is 20.4. The van der Waals surface area contributed by atoms with Gasteiger partial charge in [-0.2, -0.15) is 0 Å². The first-order valence-electron chi connectivity index (χ1n) is 12.8. The van der Waals surface area contributed by atoms with Crippen molar-refractivity contribution < 1.29 is 14.3 Å². The lowest BCUT2D eigenvalue weighted by Gasteiger charge is -2.37. The van der Waals surface area contributed by atoms with Crippen LogP contribution in [-0.4, -0.2) is 79.9 Å². The highest BCUT2D eigenvalue weighted by molar-refractivity contribution is 5.84. The molecule has 1 aromatic rings. The van der Waals surface area contributed by atoms with Gasteiger partial charge >= 0.3 is 0 Å². The van der Waals surface area contributed by atoms with Crippen LogP contribution in [0.5, 0.6) is 5.75 Å². The number of hydrogen-bond acceptors (Lipinski definition) is 6. The summed E-state index contributed by atoms with van der Waals surface area (Å²) in [6.07, 6.45) is 10.4. The molecule has 1 aliphatic carbocycles. The molecule has 7 nitrogen and oxygen atoms in total. The van der Waals surface area contributed by atoms with E-state index in [1.807, 2.05) is 12.3 Å². The molecule has 0 radical (unpaired) electrons. The predicted octanol–water partition coefficient (Wildman–Crippen LogP) is 3.16. The minimum atomic E-state index is 0.0471. The number of carbonyl (C=O) groups is 2. The number of ether oxygens (including phenoxy) is 1. The second kappa shape index (κ2) is 11.3. The zero-order valence-corrected chi connectivity index (χ0v) is 20.4. The number of amides is 1. The van der Waals surface area contributed by atoms with E-state index in [2.05, 4.69) is 14.8 Å². The van der Waals surface area contributed by atoms with Crippen LogP contribution in [0.2, 0.25) is 0 Å². The summed E-state index contributed by atoms with van der Waals surface area (Å²) in [5.41, 5.74) is 1.28. The summed E-state index contributed by atoms with van der Waals surface area (Å²) >= 11 is 0. The normalized spacial score (nSPS) is 23.2. The summed E-state index contributed by atoms with van der Waals surface area (Å²) in [7, 11) is 3.49. The van der Waals surface area contributed by atoms with Gasteiger partial charge in [0.05, 0.1) is 6.61 Å². The highest BCUT2D eigenvalue weighted by Crippen LogP contribution is 2.34. The van der Waals surface area contributed by atoms with Crippen molar-refractivity contribution in [2.45, 2.75) is 57.8 Å². The lowest BCUT2D eigenvalue weighted by molar-refractivity contribution is -0.131. The van der Waals surface area contributed by atoms with Crippen molar-refractivity contribution in [1.29, 1.82) is 0 Å². The fraction of sp³-hybridized carbons (Fsp3) is 0.731. The van der Waals surface area contributed by atoms with Crippen LogP contribution < -0.4 is 9.64 Å². The van der Waals surface area contributed by atoms with E-state index in [1.165, 1.54) is 44.2 Å². The minimum Gasteiger partial charge on any atom is -0.493 e. The third-order valence-electron chi connectivity index (χ3n) is 7.72. The molecule has 0 bridgehead atoms. The maximum Gasteiger partial charge on any atom is 0.222 e. The molecule has 182 valence electrons. The Bertz CT molecular complexity index is 812. The molecule has 1 amide bonds. The van der Waals surface area contributed by atoms with Crippen molar-refractivity contribution in [3.05, 3.63) is 17.8 Å². The molecule has 33 heavy (non-hydrogen) atoms. The van der Waals surface area contributed by atoms with E-state index in [4.69, 9.17) is 4.74 Å². The fourth-order valence-corrected chi connectivity index (χ4v) is 5.54. The van der Waals surface area contributed by atoms with E-state index in [1.54, 1.807) is 19.0 Å². The van der Waals surface area contributed by atoms with Crippen LogP contribution in [0, 0.1) is 11.8 Å². The average Bonchev–Trinajstić information content (AvgIpc) is 3.31. The fourth-order valence-electron chi connectivity index (χ4n) is 5.54. The third kappa shape index (κ3) is 6.46. The SMILES string of the molecule is CN(C)C(=O)CCC(=O)CC1CCC(CCN2CCN(c3nccc4c3CCO4)CC2)CC1. The molecule has 3 aliphatic rings. The van der Waals surface area contributed by atoms with Gasteiger partial charge in [0.25, 0.3) is 0 Å². The Kier molecular flexibility index (Phi) is 8.23. The number of Topliss-reactive ketones (excluding diaryl/α,β-unsaturated/α-hetero) is 1. The molecular weight excluding hydrogens is 416 g/mol. The molecule has 2 aliphatic heterocycles. The molecule has 0 N–H and O–H groups in total. The van der Waals surface area contributed by atoms with Crippen molar-refractivity contribution in [2.75, 3.05) is 58.3 Å². The summed E-state index contributed by atoms with van der Waals surface area (Å²) in [5.74, 6) is 3.77. The minimum absolute atomic E-state index is 0.0471. The molecule has 0 unspecified atom stereocenters. The summed E-state index contributed by atoms with van der Waals surface area (Å²) in [6.45, 7) is 6.23. The van der Waals surface area contributed by atoms with E-state index in [-0.39, 0.29) is 11.7 Å². The third-order valence-corrected chi connectivity index (χ3v) is 7.72. The predicted molar refractivity (Wildman–Crippen MR) is 130 cm³/mol. The first kappa shape index (κ1) is 24.0. The molecule has 1 aromatic heterocycles. The van der Waals surface area contributed by atoms with Crippen molar-refractivity contribution in [3.63, 3.8) is 0 Å². The molecule has 1 saturated carbocycles. The molecule has 4 rings (SSSR count). The van der Waals surface area contributed by atoms with Crippen LogP contribution in [0.4, 0.5) is 5.82 Å². The molecule has 2 fully saturated rings. The van der Waals surface area contributed by atoms with Crippen molar-refractivity contribution >= 4 is 17.5 Å². The number of fused-ring (bicyclic) bond motifs is 1. The number of rotatable bonds is 9. The van der Waals surface area contributed by atoms with Gasteiger partial charge in [-0.3, -0.25) is 14.5 Å². The Labute approximate surface area is 198 Å². The average molecular weight is 457 g/mol. The number of aromatic nitrogens is 1. The number of piperazine rings is 1. The standard InChI is InChI=1S/C26H40N4O3/c1-28(2)25(32)8-7-22(31)19-21-5-3-20(4-6-21)10-13-29-14-16-30(17-15-29)26-23-11-18-33-24(23)9-12-27-26/h9,12,20-21H,3-8,10-11,13-19H2,1-2H3. The largest absolute Gasteiger partial charge is 0.493 e. The summed E-state index contributed by atoms with van der Waals surface area (Å²) in [4.78, 5) is 35.2. The van der Waals surface area contributed by atoms with Crippen molar-refractivity contribution in [2.24, 2.45) is 11.8 Å². The van der Waals surface area contributed by atoms with Gasteiger partial charge in [0, 0.05) is 77.7 Å². The molecule has 0 spiro atoms. The van der Waals surface area contributed by atoms with Gasteiger partial charge in [0.1, 0.15) is 17.4 Å². The lowest BCUT2D eigenvalue weighted by atomic mass is 9.78. The Hall–Kier alpha value is -2.15. The molecular formula is C26H40N4O3. The molecule has 3 heterocycles. The smallest absolute Gasteiger partial charge is 0.222 e. The first-order chi connectivity index (χ1) is 16.0. The van der Waals surface area contributed by atoms with E-state index in [0.717, 1.165) is 56.7 Å². The Morgan fingerprint density at radius 2 is 1.79 bits per heavy atom. The highest BCUT2D eigenvalue weighted by Gasteiger charge is 2.26. The van der Waals surface area contributed by atoms with Gasteiger partial charge in [0.15, 0.2) is 0 Å². The monoisotopic (exact) mass is 456 g/mol. The topological polar surface area (TPSA) is 66.0 Å². The number of pyridine rings is 1. The zero-order chi connectivity index (χ0) is 23.2. The number of carbonyl (C=O) groups excluding carboxylic acids is 2. The number of ketones is 1. The van der Waals surface area contributed by atoms with E-state index in [0.29, 0.717) is 25.2 Å². The number of nitrogens with zero attached hydrogens (tertiary/aromatic N) is 4. The molecule has 1 saturated heterocycles. The van der Waals surface area contributed by atoms with E-state index < -0.39 is 0 Å². The van der Waals surface area contributed by atoms with Crippen LogP contribution in [0.15, 0.2) is 12.3 Å². The maximum atomic E-state index is 12.3. The number of hydrogen-bond donors (Lipinski definition) is 0. The highest BCUT2D eigenvalue weighted by atomic mass is 16.5. The first-order valence-corrected chi connectivity index (χ1v) is 12.8. The van der Waals surface area contributed by atoms with Crippen LogP contribution in [-0.2, 0) is 16.0 Å². The van der Waals surface area contributed by atoms with Crippen molar-refractivity contribution in [1.82, 2.24) is 14.8 Å². The second-order valence-electron chi connectivity index (χ2n) is 10.2. The van der Waals surface area contributed by atoms with Gasteiger partial charge in [-0.05, 0) is 43.7 Å². The Morgan fingerprint density at radius 3 is 2.52 bits per heavy atom. The van der Waals surface area contributed by atoms with Crippen LogP contribution in [0.1, 0.15) is 56.9 Å². The van der Waals surface area contributed by atoms with E-state index >= 15 is 0 Å².